The monoisotopic (exact) mass is 268 g/mol. The van der Waals surface area contributed by atoms with Crippen molar-refractivity contribution in [1.29, 1.82) is 0 Å². The first-order chi connectivity index (χ1) is 8.16. The molecule has 1 heterocycles. The summed E-state index contributed by atoms with van der Waals surface area (Å²) >= 11 is 7.17. The number of hydrogen-bond donors (Lipinski definition) is 1. The second-order valence-electron chi connectivity index (χ2n) is 3.28. The molecule has 0 atom stereocenters. The van der Waals surface area contributed by atoms with E-state index >= 15 is 0 Å². The molecule has 0 unspecified atom stereocenters. The molecule has 17 heavy (non-hydrogen) atoms. The highest BCUT2D eigenvalue weighted by Gasteiger charge is 2.11. The van der Waals surface area contributed by atoms with Gasteiger partial charge in [0.1, 0.15) is 6.61 Å². The topological polar surface area (TPSA) is 65.2 Å². The molecule has 2 aromatic rings. The molecule has 0 saturated heterocycles. The molecule has 0 aliphatic carbocycles. The number of nitrogens with zero attached hydrogens (tertiary/aromatic N) is 1. The van der Waals surface area contributed by atoms with E-state index < -0.39 is 5.97 Å². The Balaban J connectivity index is 2.04. The fourth-order valence-corrected chi connectivity index (χ4v) is 1.93. The zero-order chi connectivity index (χ0) is 12.3. The van der Waals surface area contributed by atoms with Gasteiger partial charge in [-0.15, -0.1) is 11.3 Å². The predicted molar refractivity (Wildman–Crippen MR) is 67.1 cm³/mol. The summed E-state index contributed by atoms with van der Waals surface area (Å²) in [6.45, 7) is 0.200. The van der Waals surface area contributed by atoms with Crippen molar-refractivity contribution in [3.8, 4) is 0 Å². The average Bonchev–Trinajstić information content (AvgIpc) is 2.78. The van der Waals surface area contributed by atoms with Gasteiger partial charge in [-0.05, 0) is 18.2 Å². The molecule has 0 aliphatic heterocycles. The highest BCUT2D eigenvalue weighted by Crippen LogP contribution is 2.19. The maximum absolute atomic E-state index is 11.7. The Hall–Kier alpha value is -1.59. The highest BCUT2D eigenvalue weighted by molar-refractivity contribution is 7.09. The molecule has 1 aromatic heterocycles. The van der Waals surface area contributed by atoms with Gasteiger partial charge in [-0.3, -0.25) is 4.98 Å². The molecule has 0 fully saturated rings. The van der Waals surface area contributed by atoms with Gasteiger partial charge in [0.05, 0.1) is 16.0 Å². The van der Waals surface area contributed by atoms with E-state index in [2.05, 4.69) is 4.98 Å². The minimum atomic E-state index is -0.465. The third-order valence-corrected chi connectivity index (χ3v) is 3.05. The van der Waals surface area contributed by atoms with E-state index in [0.717, 1.165) is 4.88 Å². The van der Waals surface area contributed by atoms with Crippen molar-refractivity contribution in [2.24, 2.45) is 0 Å². The van der Waals surface area contributed by atoms with Crippen LogP contribution in [0.3, 0.4) is 0 Å². The highest BCUT2D eigenvalue weighted by atomic mass is 35.5. The number of hydrogen-bond acceptors (Lipinski definition) is 5. The van der Waals surface area contributed by atoms with Crippen molar-refractivity contribution in [2.75, 3.05) is 5.73 Å². The molecule has 0 aliphatic rings. The van der Waals surface area contributed by atoms with E-state index in [-0.39, 0.29) is 6.61 Å². The number of aromatic nitrogens is 1. The van der Waals surface area contributed by atoms with E-state index in [1.54, 1.807) is 23.8 Å². The van der Waals surface area contributed by atoms with E-state index in [9.17, 15) is 4.79 Å². The van der Waals surface area contributed by atoms with Crippen molar-refractivity contribution >= 4 is 34.6 Å². The van der Waals surface area contributed by atoms with Gasteiger partial charge < -0.3 is 10.5 Å². The van der Waals surface area contributed by atoms with Crippen LogP contribution < -0.4 is 5.73 Å². The number of halogens is 1. The van der Waals surface area contributed by atoms with Crippen molar-refractivity contribution < 1.29 is 9.53 Å². The first-order valence-corrected chi connectivity index (χ1v) is 6.02. The lowest BCUT2D eigenvalue weighted by Crippen LogP contribution is -2.07. The number of carbonyl (C=O) groups is 1. The fourth-order valence-electron chi connectivity index (χ4n) is 1.25. The summed E-state index contributed by atoms with van der Waals surface area (Å²) in [6.07, 6.45) is 1.66. The zero-order valence-corrected chi connectivity index (χ0v) is 10.3. The number of rotatable bonds is 3. The van der Waals surface area contributed by atoms with Crippen LogP contribution in [-0.4, -0.2) is 11.0 Å². The van der Waals surface area contributed by atoms with Crippen LogP contribution in [0.15, 0.2) is 29.9 Å². The van der Waals surface area contributed by atoms with Crippen LogP contribution in [0.4, 0.5) is 5.69 Å². The predicted octanol–water partition coefficient (Wildman–Crippen LogP) is 2.74. The summed E-state index contributed by atoms with van der Waals surface area (Å²) in [7, 11) is 0. The molecule has 0 spiro atoms. The van der Waals surface area contributed by atoms with Gasteiger partial charge in [-0.2, -0.15) is 0 Å². The lowest BCUT2D eigenvalue weighted by molar-refractivity contribution is 0.0478. The zero-order valence-electron chi connectivity index (χ0n) is 8.72. The maximum atomic E-state index is 11.7. The Morgan fingerprint density at radius 1 is 1.53 bits per heavy atom. The quantitative estimate of drug-likeness (QED) is 0.687. The van der Waals surface area contributed by atoms with Gasteiger partial charge in [0.2, 0.25) is 0 Å². The van der Waals surface area contributed by atoms with E-state index in [4.69, 9.17) is 22.1 Å². The summed E-state index contributed by atoms with van der Waals surface area (Å²) in [5, 5.41) is 0.488. The van der Waals surface area contributed by atoms with Crippen molar-refractivity contribution in [3.63, 3.8) is 0 Å². The lowest BCUT2D eigenvalue weighted by Gasteiger charge is -2.05. The first kappa shape index (κ1) is 11.9. The van der Waals surface area contributed by atoms with Crippen LogP contribution in [0.2, 0.25) is 5.02 Å². The molecule has 2 N–H and O–H groups in total. The number of carbonyl (C=O) groups excluding carboxylic acids is 1. The van der Waals surface area contributed by atoms with Crippen LogP contribution >= 0.6 is 22.9 Å². The van der Waals surface area contributed by atoms with E-state index in [0.29, 0.717) is 16.3 Å². The summed E-state index contributed by atoms with van der Waals surface area (Å²) in [5.74, 6) is -0.465. The summed E-state index contributed by atoms with van der Waals surface area (Å²) < 4.78 is 5.10. The Labute approximate surface area is 107 Å². The van der Waals surface area contributed by atoms with Crippen LogP contribution in [0.5, 0.6) is 0 Å². The third-order valence-electron chi connectivity index (χ3n) is 2.06. The standard InChI is InChI=1S/C11H9ClN2O2S/c12-7-1-2-9(10(13)3-7)11(15)16-5-8-4-14-6-17-8/h1-4,6H,5,13H2. The Bertz CT molecular complexity index is 528. The first-order valence-electron chi connectivity index (χ1n) is 4.76. The van der Waals surface area contributed by atoms with E-state index in [1.807, 2.05) is 0 Å². The largest absolute Gasteiger partial charge is 0.456 e. The molecule has 6 heteroatoms. The lowest BCUT2D eigenvalue weighted by atomic mass is 10.2. The van der Waals surface area contributed by atoms with Gasteiger partial charge in [0.25, 0.3) is 0 Å². The van der Waals surface area contributed by atoms with E-state index in [1.165, 1.54) is 17.4 Å². The Morgan fingerprint density at radius 2 is 2.35 bits per heavy atom. The minimum absolute atomic E-state index is 0.200. The number of ether oxygens (including phenoxy) is 1. The molecule has 88 valence electrons. The van der Waals surface area contributed by atoms with Gasteiger partial charge >= 0.3 is 5.97 Å². The second kappa shape index (κ2) is 5.16. The van der Waals surface area contributed by atoms with Crippen molar-refractivity contribution in [3.05, 3.63) is 45.4 Å². The van der Waals surface area contributed by atoms with Crippen LogP contribution in [0.1, 0.15) is 15.2 Å². The average molecular weight is 269 g/mol. The van der Waals surface area contributed by atoms with Crippen LogP contribution in [-0.2, 0) is 11.3 Å². The molecule has 2 rings (SSSR count). The van der Waals surface area contributed by atoms with Gasteiger partial charge in [0.15, 0.2) is 0 Å². The third kappa shape index (κ3) is 2.95. The van der Waals surface area contributed by atoms with Gasteiger partial charge in [-0.25, -0.2) is 4.79 Å². The van der Waals surface area contributed by atoms with Crippen LogP contribution in [0.25, 0.3) is 0 Å². The SMILES string of the molecule is Nc1cc(Cl)ccc1C(=O)OCc1cncs1. The molecule has 0 amide bonds. The Kier molecular flexibility index (Phi) is 3.61. The number of nitrogens with two attached hydrogens (primary N) is 1. The minimum Gasteiger partial charge on any atom is -0.456 e. The van der Waals surface area contributed by atoms with Gasteiger partial charge in [-0.1, -0.05) is 11.6 Å². The molecular weight excluding hydrogens is 260 g/mol. The number of anilines is 1. The fraction of sp³-hybridized carbons (Fsp3) is 0.0909. The number of nitrogen functional groups attached to an aromatic ring is 1. The van der Waals surface area contributed by atoms with Crippen molar-refractivity contribution in [1.82, 2.24) is 4.98 Å². The smallest absolute Gasteiger partial charge is 0.340 e. The molecule has 0 radical (unpaired) electrons. The number of esters is 1. The summed E-state index contributed by atoms with van der Waals surface area (Å²) in [4.78, 5) is 16.5. The summed E-state index contributed by atoms with van der Waals surface area (Å²) in [6, 6.07) is 4.67. The summed E-state index contributed by atoms with van der Waals surface area (Å²) in [5.41, 5.74) is 7.99. The molecular formula is C11H9ClN2O2S. The number of benzene rings is 1. The Morgan fingerprint density at radius 3 is 3.00 bits per heavy atom. The molecule has 0 bridgehead atoms. The second-order valence-corrected chi connectivity index (χ2v) is 4.68. The number of thiazole rings is 1. The van der Waals surface area contributed by atoms with Gasteiger partial charge in [0, 0.05) is 16.9 Å². The molecule has 0 saturated carbocycles. The normalized spacial score (nSPS) is 10.2. The maximum Gasteiger partial charge on any atom is 0.340 e. The molecule has 4 nitrogen and oxygen atoms in total. The van der Waals surface area contributed by atoms with Crippen molar-refractivity contribution in [2.45, 2.75) is 6.61 Å². The van der Waals surface area contributed by atoms with Crippen LogP contribution in [0, 0.1) is 0 Å². The molecule has 1 aromatic carbocycles.